The SMILES string of the molecule is CC(C)(O)c1csc(SN)c1.COc1cc(-c2ccc3c(c2CC(N)=O)CCC3)ccn1. The Hall–Kier alpha value is -2.39. The number of hydrogen-bond donors (Lipinski definition) is 3. The van der Waals surface area contributed by atoms with Gasteiger partial charge in [0.2, 0.25) is 11.8 Å². The van der Waals surface area contributed by atoms with Gasteiger partial charge in [-0.05, 0) is 96.0 Å². The molecule has 1 aliphatic carbocycles. The lowest BCUT2D eigenvalue weighted by Gasteiger charge is -2.14. The van der Waals surface area contributed by atoms with Gasteiger partial charge in [-0.2, -0.15) is 0 Å². The molecule has 0 atom stereocenters. The number of aryl methyl sites for hydroxylation is 1. The smallest absolute Gasteiger partial charge is 0.221 e. The lowest BCUT2D eigenvalue weighted by Crippen LogP contribution is -2.15. The van der Waals surface area contributed by atoms with E-state index in [1.165, 1.54) is 23.1 Å². The van der Waals surface area contributed by atoms with E-state index in [9.17, 15) is 9.90 Å². The van der Waals surface area contributed by atoms with E-state index in [0.717, 1.165) is 45.7 Å². The molecule has 0 saturated heterocycles. The van der Waals surface area contributed by atoms with Crippen molar-refractivity contribution in [2.24, 2.45) is 10.9 Å². The normalized spacial score (nSPS) is 12.7. The van der Waals surface area contributed by atoms with Crippen molar-refractivity contribution in [3.05, 3.63) is 64.2 Å². The quantitative estimate of drug-likeness (QED) is 0.464. The van der Waals surface area contributed by atoms with Crippen LogP contribution in [0, 0.1) is 0 Å². The molecule has 8 heteroatoms. The third-order valence-electron chi connectivity index (χ3n) is 5.41. The van der Waals surface area contributed by atoms with Gasteiger partial charge in [-0.25, -0.2) is 4.98 Å². The summed E-state index contributed by atoms with van der Waals surface area (Å²) in [6.45, 7) is 3.53. The van der Waals surface area contributed by atoms with Crippen LogP contribution in [-0.2, 0) is 29.7 Å². The second-order valence-electron chi connectivity index (χ2n) is 8.14. The molecule has 3 aromatic rings. The van der Waals surface area contributed by atoms with Gasteiger partial charge in [-0.15, -0.1) is 11.3 Å². The number of carbonyl (C=O) groups is 1. The van der Waals surface area contributed by atoms with Gasteiger partial charge in [0.1, 0.15) is 0 Å². The molecule has 0 radical (unpaired) electrons. The van der Waals surface area contributed by atoms with E-state index >= 15 is 0 Å². The number of fused-ring (bicyclic) bond motifs is 1. The minimum atomic E-state index is -0.746. The zero-order valence-electron chi connectivity index (χ0n) is 18.6. The minimum Gasteiger partial charge on any atom is -0.481 e. The predicted molar refractivity (Wildman–Crippen MR) is 131 cm³/mol. The van der Waals surface area contributed by atoms with Gasteiger partial charge in [-0.1, -0.05) is 12.1 Å². The maximum Gasteiger partial charge on any atom is 0.221 e. The van der Waals surface area contributed by atoms with Crippen LogP contribution >= 0.6 is 23.3 Å². The van der Waals surface area contributed by atoms with Gasteiger partial charge >= 0.3 is 0 Å². The summed E-state index contributed by atoms with van der Waals surface area (Å²) < 4.78 is 6.22. The van der Waals surface area contributed by atoms with Gasteiger partial charge in [0.15, 0.2) is 0 Å². The number of pyridine rings is 1. The monoisotopic (exact) mass is 471 g/mol. The Balaban J connectivity index is 0.000000222. The first kappa shape index (κ1) is 24.3. The maximum absolute atomic E-state index is 11.5. The molecule has 1 aliphatic rings. The topological polar surface area (TPSA) is 111 Å². The van der Waals surface area contributed by atoms with E-state index < -0.39 is 5.60 Å². The molecule has 1 amide bonds. The Morgan fingerprint density at radius 3 is 2.66 bits per heavy atom. The van der Waals surface area contributed by atoms with Gasteiger partial charge in [-0.3, -0.25) is 9.93 Å². The Kier molecular flexibility index (Phi) is 7.95. The summed E-state index contributed by atoms with van der Waals surface area (Å²) in [7, 11) is 1.60. The number of nitrogens with two attached hydrogens (primary N) is 2. The minimum absolute atomic E-state index is 0.281. The average molecular weight is 472 g/mol. The molecule has 0 unspecified atom stereocenters. The fraction of sp³-hybridized carbons (Fsp3) is 0.333. The first-order chi connectivity index (χ1) is 15.2. The molecule has 0 bridgehead atoms. The lowest BCUT2D eigenvalue weighted by molar-refractivity contribution is -0.117. The Morgan fingerprint density at radius 1 is 1.28 bits per heavy atom. The fourth-order valence-electron chi connectivity index (χ4n) is 3.78. The van der Waals surface area contributed by atoms with E-state index in [4.69, 9.17) is 15.6 Å². The van der Waals surface area contributed by atoms with E-state index in [2.05, 4.69) is 17.1 Å². The number of nitrogens with zero attached hydrogens (tertiary/aromatic N) is 1. The molecule has 5 N–H and O–H groups in total. The first-order valence-corrected chi connectivity index (χ1v) is 12.1. The number of primary amides is 1. The molecule has 0 aliphatic heterocycles. The van der Waals surface area contributed by atoms with E-state index in [1.54, 1.807) is 38.5 Å². The van der Waals surface area contributed by atoms with Gasteiger partial charge in [0, 0.05) is 12.3 Å². The van der Waals surface area contributed by atoms with Crippen LogP contribution in [0.1, 0.15) is 42.5 Å². The van der Waals surface area contributed by atoms with Crippen molar-refractivity contribution >= 4 is 29.2 Å². The third kappa shape index (κ3) is 5.89. The predicted octanol–water partition coefficient (Wildman–Crippen LogP) is 4.22. The third-order valence-corrected chi connectivity index (χ3v) is 7.05. The Morgan fingerprint density at radius 2 is 2.06 bits per heavy atom. The van der Waals surface area contributed by atoms with Crippen LogP contribution in [0.3, 0.4) is 0 Å². The number of methoxy groups -OCH3 is 1. The van der Waals surface area contributed by atoms with E-state index in [-0.39, 0.29) is 12.3 Å². The molecule has 4 rings (SSSR count). The van der Waals surface area contributed by atoms with E-state index in [0.29, 0.717) is 5.88 Å². The van der Waals surface area contributed by atoms with Crippen molar-refractivity contribution in [2.45, 2.75) is 49.3 Å². The van der Waals surface area contributed by atoms with Crippen LogP contribution in [-0.4, -0.2) is 23.1 Å². The average Bonchev–Trinajstić information content (AvgIpc) is 3.43. The number of amides is 1. The summed E-state index contributed by atoms with van der Waals surface area (Å²) in [5, 5.41) is 16.8. The highest BCUT2D eigenvalue weighted by Gasteiger charge is 2.20. The first-order valence-electron chi connectivity index (χ1n) is 10.3. The van der Waals surface area contributed by atoms with Crippen molar-refractivity contribution in [3.8, 4) is 17.0 Å². The fourth-order valence-corrected chi connectivity index (χ4v) is 5.13. The molecule has 0 spiro atoms. The molecular weight excluding hydrogens is 442 g/mol. The van der Waals surface area contributed by atoms with Crippen molar-refractivity contribution in [2.75, 3.05) is 7.11 Å². The summed E-state index contributed by atoms with van der Waals surface area (Å²) in [5.74, 6) is 0.274. The number of benzene rings is 1. The highest BCUT2D eigenvalue weighted by molar-refractivity contribution is 7.99. The molecule has 32 heavy (non-hydrogen) atoms. The van der Waals surface area contributed by atoms with Crippen molar-refractivity contribution in [1.82, 2.24) is 4.98 Å². The van der Waals surface area contributed by atoms with Crippen molar-refractivity contribution in [1.29, 1.82) is 0 Å². The number of ether oxygens (including phenoxy) is 1. The highest BCUT2D eigenvalue weighted by atomic mass is 32.2. The number of rotatable bonds is 6. The van der Waals surface area contributed by atoms with Crippen molar-refractivity contribution in [3.63, 3.8) is 0 Å². The molecule has 2 aromatic heterocycles. The zero-order valence-corrected chi connectivity index (χ0v) is 20.2. The van der Waals surface area contributed by atoms with Gasteiger partial charge in [0.25, 0.3) is 0 Å². The Labute approximate surface area is 197 Å². The van der Waals surface area contributed by atoms with Gasteiger partial charge in [0.05, 0.1) is 23.3 Å². The number of aliphatic hydroxyl groups is 1. The zero-order chi connectivity index (χ0) is 23.3. The maximum atomic E-state index is 11.5. The van der Waals surface area contributed by atoms with Crippen LogP contribution < -0.4 is 15.6 Å². The van der Waals surface area contributed by atoms with Crippen LogP contribution in [0.4, 0.5) is 0 Å². The summed E-state index contributed by atoms with van der Waals surface area (Å²) in [6, 6.07) is 9.98. The number of thiophene rings is 1. The van der Waals surface area contributed by atoms with Crippen LogP contribution in [0.5, 0.6) is 5.88 Å². The molecule has 2 heterocycles. The summed E-state index contributed by atoms with van der Waals surface area (Å²) in [4.78, 5) is 15.6. The van der Waals surface area contributed by atoms with E-state index in [1.807, 2.05) is 23.6 Å². The lowest BCUT2D eigenvalue weighted by atomic mass is 9.91. The van der Waals surface area contributed by atoms with Crippen molar-refractivity contribution < 1.29 is 14.6 Å². The molecule has 0 saturated carbocycles. The molecule has 170 valence electrons. The number of aromatic nitrogens is 1. The second kappa shape index (κ2) is 10.5. The second-order valence-corrected chi connectivity index (χ2v) is 9.99. The van der Waals surface area contributed by atoms with Gasteiger partial charge < -0.3 is 15.6 Å². The number of carbonyl (C=O) groups excluding carboxylic acids is 1. The standard InChI is InChI=1S/C17H18N2O2.C7H11NOS2/c1-21-17-9-12(7-8-19-17)14-6-5-11-3-2-4-13(11)15(14)10-16(18)20;1-7(2,9)5-3-6(11-8)10-4-5/h5-9H,2-4,10H2,1H3,(H2,18,20);3-4,9H,8H2,1-2H3. The van der Waals surface area contributed by atoms with Crippen LogP contribution in [0.15, 0.2) is 46.1 Å². The van der Waals surface area contributed by atoms with Crippen LogP contribution in [0.25, 0.3) is 11.1 Å². The van der Waals surface area contributed by atoms with Crippen LogP contribution in [0.2, 0.25) is 0 Å². The summed E-state index contributed by atoms with van der Waals surface area (Å²) in [5.41, 5.74) is 11.4. The molecule has 6 nitrogen and oxygen atoms in total. The molecule has 0 fully saturated rings. The number of hydrogen-bond acceptors (Lipinski definition) is 7. The molecular formula is C24H29N3O3S2. The summed E-state index contributed by atoms with van der Waals surface area (Å²) in [6.07, 6.45) is 5.25. The summed E-state index contributed by atoms with van der Waals surface area (Å²) >= 11 is 2.77. The highest BCUT2D eigenvalue weighted by Crippen LogP contribution is 2.34. The Bertz CT molecular complexity index is 1090. The largest absolute Gasteiger partial charge is 0.481 e. The molecule has 1 aromatic carbocycles.